The summed E-state index contributed by atoms with van der Waals surface area (Å²) >= 11 is 1.60. The van der Waals surface area contributed by atoms with Crippen LogP contribution in [0.5, 0.6) is 0 Å². The van der Waals surface area contributed by atoms with E-state index in [-0.39, 0.29) is 5.91 Å². The topological polar surface area (TPSA) is 32.3 Å². The number of likely N-dealkylation sites (tertiary alicyclic amines) is 1. The zero-order valence-corrected chi connectivity index (χ0v) is 13.5. The lowest BCUT2D eigenvalue weighted by Gasteiger charge is -2.22. The highest BCUT2D eigenvalue weighted by Gasteiger charge is 2.24. The number of hydrogen-bond donors (Lipinski definition) is 1. The molecule has 2 aromatic rings. The normalized spacial score (nSPS) is 19.2. The first-order valence-electron chi connectivity index (χ1n) is 7.71. The summed E-state index contributed by atoms with van der Waals surface area (Å²) in [5, 5.41) is 4.33. The monoisotopic (exact) mass is 302 g/mol. The van der Waals surface area contributed by atoms with Gasteiger partial charge in [0.2, 0.25) is 0 Å². The van der Waals surface area contributed by atoms with Gasteiger partial charge in [-0.3, -0.25) is 9.69 Å². The van der Waals surface area contributed by atoms with Gasteiger partial charge in [0.15, 0.2) is 0 Å². The minimum absolute atomic E-state index is 0.0802. The Balaban J connectivity index is 1.71. The Kier molecular flexibility index (Phi) is 4.27. The van der Waals surface area contributed by atoms with Crippen molar-refractivity contribution in [1.82, 2.24) is 10.2 Å². The summed E-state index contributed by atoms with van der Waals surface area (Å²) < 4.78 is 1.19. The van der Waals surface area contributed by atoms with E-state index in [1.165, 1.54) is 29.5 Å². The van der Waals surface area contributed by atoms with Crippen LogP contribution in [0.1, 0.15) is 35.0 Å². The molecule has 1 amide bonds. The molecule has 1 N–H and O–H groups in total. The average molecular weight is 302 g/mol. The molecule has 4 heteroatoms. The summed E-state index contributed by atoms with van der Waals surface area (Å²) in [4.78, 5) is 15.8. The number of nitrogens with one attached hydrogen (secondary N) is 1. The molecule has 0 aliphatic carbocycles. The van der Waals surface area contributed by atoms with Crippen LogP contribution in [-0.4, -0.2) is 36.5 Å². The van der Waals surface area contributed by atoms with Crippen LogP contribution >= 0.6 is 11.3 Å². The Bertz CT molecular complexity index is 649. The molecule has 0 radical (unpaired) electrons. The van der Waals surface area contributed by atoms with Crippen LogP contribution < -0.4 is 5.32 Å². The molecule has 1 unspecified atom stereocenters. The maximum Gasteiger partial charge on any atom is 0.261 e. The van der Waals surface area contributed by atoms with E-state index in [0.717, 1.165) is 23.5 Å². The molecule has 1 saturated heterocycles. The number of nitrogens with zero attached hydrogens (tertiary/aromatic N) is 1. The van der Waals surface area contributed by atoms with E-state index in [2.05, 4.69) is 29.3 Å². The largest absolute Gasteiger partial charge is 0.350 e. The van der Waals surface area contributed by atoms with Crippen molar-refractivity contribution in [2.24, 2.45) is 0 Å². The average Bonchev–Trinajstić information content (AvgIpc) is 3.09. The van der Waals surface area contributed by atoms with Crippen molar-refractivity contribution in [3.05, 3.63) is 34.7 Å². The third-order valence-corrected chi connectivity index (χ3v) is 5.73. The highest BCUT2D eigenvalue weighted by atomic mass is 32.1. The molecule has 21 heavy (non-hydrogen) atoms. The lowest BCUT2D eigenvalue weighted by Crippen LogP contribution is -2.39. The Morgan fingerprint density at radius 1 is 1.43 bits per heavy atom. The molecule has 2 heterocycles. The van der Waals surface area contributed by atoms with Crippen molar-refractivity contribution in [2.45, 2.75) is 32.7 Å². The molecule has 0 saturated carbocycles. The maximum atomic E-state index is 12.5. The quantitative estimate of drug-likeness (QED) is 0.938. The minimum Gasteiger partial charge on any atom is -0.350 e. The minimum atomic E-state index is 0.0802. The van der Waals surface area contributed by atoms with E-state index < -0.39 is 0 Å². The van der Waals surface area contributed by atoms with Gasteiger partial charge in [-0.05, 0) is 49.9 Å². The van der Waals surface area contributed by atoms with Crippen LogP contribution in [0.2, 0.25) is 0 Å². The summed E-state index contributed by atoms with van der Waals surface area (Å²) in [6, 6.07) is 8.74. The molecule has 112 valence electrons. The van der Waals surface area contributed by atoms with Crippen LogP contribution in [-0.2, 0) is 0 Å². The van der Waals surface area contributed by atoms with Crippen molar-refractivity contribution >= 4 is 27.3 Å². The summed E-state index contributed by atoms with van der Waals surface area (Å²) in [6.45, 7) is 7.24. The standard InChI is InChI=1S/C17H22N2OS/c1-3-19-10-6-7-13(19)11-18-17(20)16-12(2)14-8-4-5-9-15(14)21-16/h4-5,8-9,13H,3,6-7,10-11H2,1-2H3,(H,18,20). The van der Waals surface area contributed by atoms with Gasteiger partial charge in [-0.15, -0.1) is 11.3 Å². The highest BCUT2D eigenvalue weighted by Crippen LogP contribution is 2.30. The second kappa shape index (κ2) is 6.16. The van der Waals surface area contributed by atoms with Crippen molar-refractivity contribution in [3.8, 4) is 0 Å². The number of thiophene rings is 1. The predicted molar refractivity (Wildman–Crippen MR) is 89.2 cm³/mol. The van der Waals surface area contributed by atoms with E-state index >= 15 is 0 Å². The van der Waals surface area contributed by atoms with Crippen LogP contribution in [0.25, 0.3) is 10.1 Å². The number of hydrogen-bond acceptors (Lipinski definition) is 3. The molecule has 3 nitrogen and oxygen atoms in total. The van der Waals surface area contributed by atoms with Gasteiger partial charge in [0.25, 0.3) is 5.91 Å². The number of rotatable bonds is 4. The number of carbonyl (C=O) groups excluding carboxylic acids is 1. The Morgan fingerprint density at radius 3 is 3.00 bits per heavy atom. The van der Waals surface area contributed by atoms with E-state index in [0.29, 0.717) is 6.04 Å². The third-order valence-electron chi connectivity index (χ3n) is 4.45. The number of carbonyl (C=O) groups is 1. The van der Waals surface area contributed by atoms with Gasteiger partial charge in [0.1, 0.15) is 0 Å². The lowest BCUT2D eigenvalue weighted by atomic mass is 10.1. The molecule has 1 aromatic heterocycles. The SMILES string of the molecule is CCN1CCCC1CNC(=O)c1sc2ccccc2c1C. The zero-order chi connectivity index (χ0) is 14.8. The molecular formula is C17H22N2OS. The number of fused-ring (bicyclic) bond motifs is 1. The zero-order valence-electron chi connectivity index (χ0n) is 12.7. The van der Waals surface area contributed by atoms with Gasteiger partial charge in [-0.1, -0.05) is 25.1 Å². The van der Waals surface area contributed by atoms with Crippen LogP contribution in [0.15, 0.2) is 24.3 Å². The van der Waals surface area contributed by atoms with Crippen molar-refractivity contribution < 1.29 is 4.79 Å². The number of likely N-dealkylation sites (N-methyl/N-ethyl adjacent to an activating group) is 1. The van der Waals surface area contributed by atoms with Crippen molar-refractivity contribution in [1.29, 1.82) is 0 Å². The van der Waals surface area contributed by atoms with E-state index in [4.69, 9.17) is 0 Å². The van der Waals surface area contributed by atoms with Gasteiger partial charge < -0.3 is 5.32 Å². The first-order chi connectivity index (χ1) is 10.2. The fourth-order valence-corrected chi connectivity index (χ4v) is 4.35. The van der Waals surface area contributed by atoms with Gasteiger partial charge >= 0.3 is 0 Å². The van der Waals surface area contributed by atoms with Crippen LogP contribution in [0.3, 0.4) is 0 Å². The Labute approximate surface area is 130 Å². The number of amides is 1. The first-order valence-corrected chi connectivity index (χ1v) is 8.52. The van der Waals surface area contributed by atoms with Crippen molar-refractivity contribution in [3.63, 3.8) is 0 Å². The molecule has 1 atom stereocenters. The summed E-state index contributed by atoms with van der Waals surface area (Å²) in [7, 11) is 0. The fraction of sp³-hybridized carbons (Fsp3) is 0.471. The number of benzene rings is 1. The molecule has 0 spiro atoms. The summed E-state index contributed by atoms with van der Waals surface area (Å²) in [5.74, 6) is 0.0802. The van der Waals surface area contributed by atoms with Gasteiger partial charge in [-0.2, -0.15) is 0 Å². The van der Waals surface area contributed by atoms with Crippen LogP contribution in [0, 0.1) is 6.92 Å². The molecule has 1 fully saturated rings. The maximum absolute atomic E-state index is 12.5. The summed E-state index contributed by atoms with van der Waals surface area (Å²) in [6.07, 6.45) is 2.44. The van der Waals surface area contributed by atoms with Gasteiger partial charge in [0, 0.05) is 17.3 Å². The number of aryl methyl sites for hydroxylation is 1. The van der Waals surface area contributed by atoms with E-state index in [9.17, 15) is 4.79 Å². The third kappa shape index (κ3) is 2.83. The predicted octanol–water partition coefficient (Wildman–Crippen LogP) is 3.42. The molecule has 0 bridgehead atoms. The Morgan fingerprint density at radius 2 is 2.24 bits per heavy atom. The lowest BCUT2D eigenvalue weighted by molar-refractivity contribution is 0.0945. The molecular weight excluding hydrogens is 280 g/mol. The summed E-state index contributed by atoms with van der Waals surface area (Å²) in [5.41, 5.74) is 1.10. The van der Waals surface area contributed by atoms with Crippen molar-refractivity contribution in [2.75, 3.05) is 19.6 Å². The smallest absolute Gasteiger partial charge is 0.261 e. The molecule has 1 aliphatic heterocycles. The highest BCUT2D eigenvalue weighted by molar-refractivity contribution is 7.21. The molecule has 1 aliphatic rings. The van der Waals surface area contributed by atoms with E-state index in [1.54, 1.807) is 11.3 Å². The first kappa shape index (κ1) is 14.5. The molecule has 1 aromatic carbocycles. The second-order valence-corrected chi connectivity index (χ2v) is 6.74. The second-order valence-electron chi connectivity index (χ2n) is 5.69. The van der Waals surface area contributed by atoms with Crippen LogP contribution in [0.4, 0.5) is 0 Å². The van der Waals surface area contributed by atoms with Gasteiger partial charge in [-0.25, -0.2) is 0 Å². The van der Waals surface area contributed by atoms with Gasteiger partial charge in [0.05, 0.1) is 4.88 Å². The molecule has 3 rings (SSSR count). The van der Waals surface area contributed by atoms with E-state index in [1.807, 2.05) is 19.1 Å². The fourth-order valence-electron chi connectivity index (χ4n) is 3.22. The Hall–Kier alpha value is -1.39.